The van der Waals surface area contributed by atoms with E-state index in [1.165, 1.54) is 0 Å². The molecule has 4 nitrogen and oxygen atoms in total. The van der Waals surface area contributed by atoms with E-state index >= 15 is 0 Å². The van der Waals surface area contributed by atoms with Gasteiger partial charge in [0.2, 0.25) is 0 Å². The van der Waals surface area contributed by atoms with Crippen LogP contribution in [-0.4, -0.2) is 56.1 Å². The minimum absolute atomic E-state index is 0.118. The molecule has 0 aromatic heterocycles. The van der Waals surface area contributed by atoms with Crippen LogP contribution in [0.15, 0.2) is 0 Å². The summed E-state index contributed by atoms with van der Waals surface area (Å²) >= 11 is 0. The van der Waals surface area contributed by atoms with Crippen LogP contribution in [0.5, 0.6) is 0 Å². The maximum Gasteiger partial charge on any atom is 0.319 e. The minimum Gasteiger partial charge on any atom is -0.331 e. The molecule has 0 unspecified atom stereocenters. The summed E-state index contributed by atoms with van der Waals surface area (Å²) in [6, 6.07) is 0.599. The van der Waals surface area contributed by atoms with Crippen molar-refractivity contribution in [2.75, 3.05) is 34.2 Å². The highest BCUT2D eigenvalue weighted by molar-refractivity contribution is 5.74. The number of amides is 2. The van der Waals surface area contributed by atoms with Crippen molar-refractivity contribution in [2.45, 2.75) is 12.5 Å². The van der Waals surface area contributed by atoms with E-state index in [4.69, 9.17) is 0 Å². The van der Waals surface area contributed by atoms with Gasteiger partial charge >= 0.3 is 6.03 Å². The lowest BCUT2D eigenvalue weighted by molar-refractivity contribution is 0.181. The average molecular weight is 171 g/mol. The summed E-state index contributed by atoms with van der Waals surface area (Å²) < 4.78 is 0. The molecule has 1 rings (SSSR count). The Balaban J connectivity index is 2.41. The van der Waals surface area contributed by atoms with E-state index in [0.717, 1.165) is 19.5 Å². The molecule has 0 aromatic rings. The Kier molecular flexibility index (Phi) is 2.92. The van der Waals surface area contributed by atoms with Crippen molar-refractivity contribution in [3.05, 3.63) is 0 Å². The molecule has 1 N–H and O–H groups in total. The summed E-state index contributed by atoms with van der Waals surface area (Å²) in [6.07, 6.45) is 1.07. The van der Waals surface area contributed by atoms with Gasteiger partial charge in [-0.05, 0) is 13.5 Å². The molecule has 12 heavy (non-hydrogen) atoms. The normalized spacial score (nSPS) is 22.9. The lowest BCUT2D eigenvalue weighted by atomic mass is 10.3. The number of likely N-dealkylation sites (N-methyl/N-ethyl adjacent to an activating group) is 1. The highest BCUT2D eigenvalue weighted by Crippen LogP contribution is 2.09. The zero-order valence-electron chi connectivity index (χ0n) is 8.00. The Bertz CT molecular complexity index is 170. The van der Waals surface area contributed by atoms with Gasteiger partial charge in [-0.15, -0.1) is 0 Å². The van der Waals surface area contributed by atoms with Gasteiger partial charge in [0, 0.05) is 33.2 Å². The molecule has 1 aliphatic rings. The molecule has 0 saturated carbocycles. The summed E-state index contributed by atoms with van der Waals surface area (Å²) in [6.45, 7) is 1.72. The molecule has 1 atom stereocenters. The van der Waals surface area contributed by atoms with Crippen LogP contribution in [0.4, 0.5) is 4.79 Å². The van der Waals surface area contributed by atoms with E-state index in [9.17, 15) is 4.79 Å². The monoisotopic (exact) mass is 171 g/mol. The molecule has 0 bridgehead atoms. The molecule has 1 fully saturated rings. The smallest absolute Gasteiger partial charge is 0.319 e. The van der Waals surface area contributed by atoms with E-state index in [1.807, 2.05) is 11.9 Å². The molecule has 0 aliphatic carbocycles. The molecule has 0 spiro atoms. The lowest BCUT2D eigenvalue weighted by Crippen LogP contribution is -2.39. The van der Waals surface area contributed by atoms with Crippen molar-refractivity contribution in [2.24, 2.45) is 0 Å². The number of nitrogens with zero attached hydrogens (tertiary/aromatic N) is 2. The second-order valence-electron chi connectivity index (χ2n) is 3.40. The molecule has 4 heteroatoms. The van der Waals surface area contributed by atoms with E-state index in [2.05, 4.69) is 5.32 Å². The topological polar surface area (TPSA) is 35.6 Å². The molecular weight excluding hydrogens is 154 g/mol. The Labute approximate surface area is 73.5 Å². The molecule has 2 amide bonds. The second kappa shape index (κ2) is 3.76. The molecule has 1 heterocycles. The molecule has 1 saturated heterocycles. The Morgan fingerprint density at radius 1 is 1.58 bits per heavy atom. The number of carbonyl (C=O) groups is 1. The fourth-order valence-corrected chi connectivity index (χ4v) is 1.45. The third kappa shape index (κ3) is 1.88. The van der Waals surface area contributed by atoms with Gasteiger partial charge in [-0.3, -0.25) is 0 Å². The van der Waals surface area contributed by atoms with Crippen LogP contribution in [0.25, 0.3) is 0 Å². The summed E-state index contributed by atoms with van der Waals surface area (Å²) in [7, 11) is 5.51. The predicted octanol–water partition coefficient (Wildman–Crippen LogP) is -0.0383. The summed E-state index contributed by atoms with van der Waals surface area (Å²) in [5, 5.41) is 3.18. The average Bonchev–Trinajstić information content (AvgIpc) is 2.50. The predicted molar refractivity (Wildman–Crippen MR) is 48.1 cm³/mol. The maximum atomic E-state index is 11.4. The van der Waals surface area contributed by atoms with Gasteiger partial charge in [0.1, 0.15) is 0 Å². The quantitative estimate of drug-likeness (QED) is 0.601. The van der Waals surface area contributed by atoms with Gasteiger partial charge in [0.25, 0.3) is 0 Å². The minimum atomic E-state index is 0.118. The van der Waals surface area contributed by atoms with Crippen LogP contribution in [0.3, 0.4) is 0 Å². The Morgan fingerprint density at radius 2 is 2.25 bits per heavy atom. The standard InChI is InChI=1S/C8H17N3O/c1-9-7-4-5-11(6-7)8(12)10(2)3/h7,9H,4-6H2,1-3H3/t7-/m1/s1. The van der Waals surface area contributed by atoms with E-state index < -0.39 is 0 Å². The van der Waals surface area contributed by atoms with Crippen LogP contribution < -0.4 is 5.32 Å². The number of urea groups is 1. The van der Waals surface area contributed by atoms with Crippen LogP contribution in [0, 0.1) is 0 Å². The van der Waals surface area contributed by atoms with Crippen molar-refractivity contribution in [3.8, 4) is 0 Å². The first-order chi connectivity index (χ1) is 5.65. The van der Waals surface area contributed by atoms with Crippen molar-refractivity contribution >= 4 is 6.03 Å². The summed E-state index contributed by atoms with van der Waals surface area (Å²) in [5.41, 5.74) is 0. The van der Waals surface area contributed by atoms with E-state index in [-0.39, 0.29) is 6.03 Å². The highest BCUT2D eigenvalue weighted by Gasteiger charge is 2.25. The number of carbonyl (C=O) groups excluding carboxylic acids is 1. The van der Waals surface area contributed by atoms with Crippen LogP contribution in [-0.2, 0) is 0 Å². The van der Waals surface area contributed by atoms with Gasteiger partial charge in [0.15, 0.2) is 0 Å². The summed E-state index contributed by atoms with van der Waals surface area (Å²) in [4.78, 5) is 14.9. The zero-order chi connectivity index (χ0) is 9.14. The first-order valence-electron chi connectivity index (χ1n) is 4.28. The number of hydrogen-bond donors (Lipinski definition) is 1. The van der Waals surface area contributed by atoms with E-state index in [1.54, 1.807) is 19.0 Å². The maximum absolute atomic E-state index is 11.4. The van der Waals surface area contributed by atoms with Crippen molar-refractivity contribution in [1.82, 2.24) is 15.1 Å². The van der Waals surface area contributed by atoms with Crippen molar-refractivity contribution < 1.29 is 4.79 Å². The second-order valence-corrected chi connectivity index (χ2v) is 3.40. The van der Waals surface area contributed by atoms with Gasteiger partial charge in [0.05, 0.1) is 0 Å². The van der Waals surface area contributed by atoms with Crippen molar-refractivity contribution in [3.63, 3.8) is 0 Å². The van der Waals surface area contributed by atoms with E-state index in [0.29, 0.717) is 6.04 Å². The molecule has 70 valence electrons. The molecule has 0 aromatic carbocycles. The Hall–Kier alpha value is -0.770. The number of hydrogen-bond acceptors (Lipinski definition) is 2. The molecule has 1 aliphatic heterocycles. The zero-order valence-corrected chi connectivity index (χ0v) is 8.00. The largest absolute Gasteiger partial charge is 0.331 e. The van der Waals surface area contributed by atoms with Gasteiger partial charge in [-0.25, -0.2) is 4.79 Å². The van der Waals surface area contributed by atoms with Gasteiger partial charge in [-0.1, -0.05) is 0 Å². The third-order valence-electron chi connectivity index (χ3n) is 2.25. The Morgan fingerprint density at radius 3 is 2.67 bits per heavy atom. The summed E-state index contributed by atoms with van der Waals surface area (Å²) in [5.74, 6) is 0. The van der Waals surface area contributed by atoms with Crippen molar-refractivity contribution in [1.29, 1.82) is 0 Å². The SMILES string of the molecule is CN[C@@H]1CCN(C(=O)N(C)C)C1. The van der Waals surface area contributed by atoms with Crippen LogP contribution in [0.1, 0.15) is 6.42 Å². The first kappa shape index (κ1) is 9.32. The number of nitrogens with one attached hydrogen (secondary N) is 1. The number of likely N-dealkylation sites (tertiary alicyclic amines) is 1. The highest BCUT2D eigenvalue weighted by atomic mass is 16.2. The fraction of sp³-hybridized carbons (Fsp3) is 0.875. The van der Waals surface area contributed by atoms with Crippen LogP contribution in [0.2, 0.25) is 0 Å². The van der Waals surface area contributed by atoms with Gasteiger partial charge in [-0.2, -0.15) is 0 Å². The molecule has 0 radical (unpaired) electrons. The van der Waals surface area contributed by atoms with Crippen LogP contribution >= 0.6 is 0 Å². The first-order valence-corrected chi connectivity index (χ1v) is 4.28. The third-order valence-corrected chi connectivity index (χ3v) is 2.25. The van der Waals surface area contributed by atoms with Gasteiger partial charge < -0.3 is 15.1 Å². The molecular formula is C8H17N3O. The lowest BCUT2D eigenvalue weighted by Gasteiger charge is -2.21. The number of rotatable bonds is 1. The fourth-order valence-electron chi connectivity index (χ4n) is 1.45.